The molecule has 0 N–H and O–H groups in total. The monoisotopic (exact) mass is 328 g/mol. The molecule has 0 fully saturated rings. The highest BCUT2D eigenvalue weighted by Crippen LogP contribution is 2.36. The Morgan fingerprint density at radius 3 is 2.70 bits per heavy atom. The van der Waals surface area contributed by atoms with Gasteiger partial charge in [0.2, 0.25) is 11.2 Å². The van der Waals surface area contributed by atoms with Crippen molar-refractivity contribution in [2.75, 3.05) is 6.26 Å². The van der Waals surface area contributed by atoms with Crippen LogP contribution in [-0.2, 0) is 14.6 Å². The number of aliphatic imine (C=N–C) groups is 1. The number of carbonyl (C=O) groups excluding carboxylic acids is 1. The van der Waals surface area contributed by atoms with E-state index in [9.17, 15) is 13.2 Å². The zero-order valence-electron chi connectivity index (χ0n) is 10.5. The van der Waals surface area contributed by atoms with E-state index in [4.69, 9.17) is 11.6 Å². The van der Waals surface area contributed by atoms with E-state index in [-0.39, 0.29) is 15.0 Å². The van der Waals surface area contributed by atoms with Crippen molar-refractivity contribution in [3.63, 3.8) is 0 Å². The molecule has 2 aromatic rings. The molecule has 1 heterocycles. The number of benzene rings is 1. The van der Waals surface area contributed by atoms with E-state index in [1.165, 1.54) is 29.5 Å². The molecule has 1 aromatic heterocycles. The molecule has 8 heteroatoms. The minimum Gasteiger partial charge on any atom is -0.224 e. The van der Waals surface area contributed by atoms with Gasteiger partial charge in [-0.3, -0.25) is 0 Å². The van der Waals surface area contributed by atoms with E-state index in [0.717, 1.165) is 11.1 Å². The summed E-state index contributed by atoms with van der Waals surface area (Å²) in [6.45, 7) is 1.75. The van der Waals surface area contributed by atoms with Gasteiger partial charge < -0.3 is 0 Å². The number of rotatable bonds is 3. The van der Waals surface area contributed by atoms with Crippen molar-refractivity contribution in [1.82, 2.24) is 4.98 Å². The zero-order chi connectivity index (χ0) is 14.9. The Morgan fingerprint density at radius 2 is 2.10 bits per heavy atom. The van der Waals surface area contributed by atoms with E-state index in [2.05, 4.69) is 9.98 Å². The number of sulfone groups is 1. The van der Waals surface area contributed by atoms with Gasteiger partial charge >= 0.3 is 0 Å². The summed E-state index contributed by atoms with van der Waals surface area (Å²) in [5.74, 6) is 0. The van der Waals surface area contributed by atoms with Crippen molar-refractivity contribution in [3.05, 3.63) is 28.9 Å². The van der Waals surface area contributed by atoms with Crippen LogP contribution in [0.1, 0.15) is 5.69 Å². The standard InChI is InChI=1S/C12H9ClN2O3S2/c1-7-11(19-12(15-7)14-6-16)8-3-4-9(13)10(5-8)20(2,17)18/h3-5H,1-2H3. The van der Waals surface area contributed by atoms with Crippen molar-refractivity contribution in [2.45, 2.75) is 11.8 Å². The molecule has 0 saturated heterocycles. The lowest BCUT2D eigenvalue weighted by atomic mass is 10.2. The van der Waals surface area contributed by atoms with Gasteiger partial charge in [-0.25, -0.2) is 18.2 Å². The average molecular weight is 329 g/mol. The van der Waals surface area contributed by atoms with Crippen molar-refractivity contribution in [2.24, 2.45) is 4.99 Å². The molecule has 0 aliphatic rings. The first kappa shape index (κ1) is 14.9. The van der Waals surface area contributed by atoms with Crippen molar-refractivity contribution in [1.29, 1.82) is 0 Å². The minimum absolute atomic E-state index is 0.0601. The molecule has 0 radical (unpaired) electrons. The molecule has 0 spiro atoms. The third-order valence-electron chi connectivity index (χ3n) is 2.52. The lowest BCUT2D eigenvalue weighted by molar-refractivity contribution is 0.565. The fourth-order valence-electron chi connectivity index (χ4n) is 1.67. The second-order valence-corrected chi connectivity index (χ2v) is 7.40. The highest BCUT2D eigenvalue weighted by Gasteiger charge is 2.16. The summed E-state index contributed by atoms with van der Waals surface area (Å²) < 4.78 is 23.3. The van der Waals surface area contributed by atoms with Gasteiger partial charge in [0.1, 0.15) is 0 Å². The zero-order valence-corrected chi connectivity index (χ0v) is 12.9. The van der Waals surface area contributed by atoms with Crippen molar-refractivity contribution in [3.8, 4) is 10.4 Å². The fraction of sp³-hybridized carbons (Fsp3) is 0.167. The van der Waals surface area contributed by atoms with Gasteiger partial charge in [0.05, 0.1) is 20.5 Å². The normalized spacial score (nSPS) is 11.2. The number of nitrogens with zero attached hydrogens (tertiary/aromatic N) is 2. The summed E-state index contributed by atoms with van der Waals surface area (Å²) in [4.78, 5) is 18.6. The van der Waals surface area contributed by atoms with Crippen LogP contribution in [0.4, 0.5) is 5.13 Å². The van der Waals surface area contributed by atoms with Gasteiger partial charge in [0.15, 0.2) is 9.84 Å². The second-order valence-electron chi connectivity index (χ2n) is 4.03. The third-order valence-corrected chi connectivity index (χ3v) is 5.20. The predicted octanol–water partition coefficient (Wildman–Crippen LogP) is 3.14. The number of thiazole rings is 1. The lowest BCUT2D eigenvalue weighted by Crippen LogP contribution is -1.98. The van der Waals surface area contributed by atoms with Crippen molar-refractivity contribution >= 4 is 44.0 Å². The van der Waals surface area contributed by atoms with Crippen LogP contribution < -0.4 is 0 Å². The Bertz CT molecular complexity index is 821. The van der Waals surface area contributed by atoms with E-state index in [0.29, 0.717) is 11.3 Å². The minimum atomic E-state index is -3.41. The van der Waals surface area contributed by atoms with E-state index < -0.39 is 9.84 Å². The quantitative estimate of drug-likeness (QED) is 0.640. The Morgan fingerprint density at radius 1 is 1.40 bits per heavy atom. The molecule has 0 atom stereocenters. The number of aromatic nitrogens is 1. The molecule has 0 aliphatic heterocycles. The molecule has 2 rings (SSSR count). The first-order valence-electron chi connectivity index (χ1n) is 5.38. The maximum Gasteiger partial charge on any atom is 0.242 e. The van der Waals surface area contributed by atoms with Crippen LogP contribution in [0.25, 0.3) is 10.4 Å². The van der Waals surface area contributed by atoms with Crippen LogP contribution >= 0.6 is 22.9 Å². The molecule has 0 amide bonds. The van der Waals surface area contributed by atoms with Crippen LogP contribution in [-0.4, -0.2) is 25.7 Å². The highest BCUT2D eigenvalue weighted by molar-refractivity contribution is 7.90. The number of aryl methyl sites for hydroxylation is 1. The number of hydrogen-bond acceptors (Lipinski definition) is 6. The maximum atomic E-state index is 11.7. The molecular formula is C12H9ClN2O3S2. The van der Waals surface area contributed by atoms with Gasteiger partial charge in [0, 0.05) is 6.26 Å². The maximum absolute atomic E-state index is 11.7. The first-order valence-corrected chi connectivity index (χ1v) is 8.47. The first-order chi connectivity index (χ1) is 9.32. The second kappa shape index (κ2) is 5.46. The number of isocyanates is 1. The Kier molecular flexibility index (Phi) is 4.06. The summed E-state index contributed by atoms with van der Waals surface area (Å²) in [6, 6.07) is 4.72. The molecule has 5 nitrogen and oxygen atoms in total. The highest BCUT2D eigenvalue weighted by atomic mass is 35.5. The molecule has 0 bridgehead atoms. The lowest BCUT2D eigenvalue weighted by Gasteiger charge is -2.05. The van der Waals surface area contributed by atoms with Gasteiger partial charge in [-0.1, -0.05) is 29.0 Å². The van der Waals surface area contributed by atoms with Gasteiger partial charge in [-0.15, -0.1) is 4.99 Å². The van der Waals surface area contributed by atoms with Crippen LogP contribution in [0.3, 0.4) is 0 Å². The molecule has 104 valence electrons. The SMILES string of the molecule is Cc1nc(N=C=O)sc1-c1ccc(Cl)c(S(C)(=O)=O)c1. The van der Waals surface area contributed by atoms with Gasteiger partial charge in [-0.2, -0.15) is 0 Å². The Balaban J connectivity index is 2.62. The topological polar surface area (TPSA) is 76.5 Å². The van der Waals surface area contributed by atoms with Gasteiger partial charge in [-0.05, 0) is 24.6 Å². The summed E-state index contributed by atoms with van der Waals surface area (Å²) in [5.41, 5.74) is 1.32. The molecule has 0 aliphatic carbocycles. The smallest absolute Gasteiger partial charge is 0.224 e. The van der Waals surface area contributed by atoms with Crippen LogP contribution in [0, 0.1) is 6.92 Å². The van der Waals surface area contributed by atoms with Crippen molar-refractivity contribution < 1.29 is 13.2 Å². The van der Waals surface area contributed by atoms with Gasteiger partial charge in [0.25, 0.3) is 0 Å². The predicted molar refractivity (Wildman–Crippen MR) is 78.2 cm³/mol. The summed E-state index contributed by atoms with van der Waals surface area (Å²) in [7, 11) is -3.41. The van der Waals surface area contributed by atoms with Crippen LogP contribution in [0.5, 0.6) is 0 Å². The summed E-state index contributed by atoms with van der Waals surface area (Å²) in [5, 5.41) is 0.452. The van der Waals surface area contributed by atoms with Crippen LogP contribution in [0.15, 0.2) is 28.1 Å². The van der Waals surface area contributed by atoms with Crippen LogP contribution in [0.2, 0.25) is 5.02 Å². The Labute approximate surface area is 124 Å². The number of halogens is 1. The molecule has 0 saturated carbocycles. The molecule has 20 heavy (non-hydrogen) atoms. The van der Waals surface area contributed by atoms with E-state index >= 15 is 0 Å². The number of hydrogen-bond donors (Lipinski definition) is 0. The summed E-state index contributed by atoms with van der Waals surface area (Å²) in [6.07, 6.45) is 2.52. The molecular weight excluding hydrogens is 320 g/mol. The van der Waals surface area contributed by atoms with E-state index in [1.807, 2.05) is 0 Å². The molecule has 1 aromatic carbocycles. The van der Waals surface area contributed by atoms with E-state index in [1.54, 1.807) is 13.0 Å². The fourth-order valence-corrected chi connectivity index (χ4v) is 3.85. The summed E-state index contributed by atoms with van der Waals surface area (Å²) >= 11 is 7.09. The largest absolute Gasteiger partial charge is 0.242 e. The Hall–Kier alpha value is -1.53. The molecule has 0 unspecified atom stereocenters. The third kappa shape index (κ3) is 2.96. The average Bonchev–Trinajstić information content (AvgIpc) is 2.70.